The van der Waals surface area contributed by atoms with Gasteiger partial charge in [0.05, 0.1) is 17.1 Å². The Morgan fingerprint density at radius 2 is 2.22 bits per heavy atom. The molecule has 4 nitrogen and oxygen atoms in total. The number of amides is 1. The maximum atomic E-state index is 12.1. The summed E-state index contributed by atoms with van der Waals surface area (Å²) >= 11 is 1.47. The van der Waals surface area contributed by atoms with Crippen LogP contribution in [0.15, 0.2) is 17.6 Å². The molecule has 5 heteroatoms. The van der Waals surface area contributed by atoms with Crippen LogP contribution in [0.25, 0.3) is 0 Å². The molecule has 0 aromatic carbocycles. The summed E-state index contributed by atoms with van der Waals surface area (Å²) in [6, 6.07) is 1.92. The molecular weight excluding hydrogens is 246 g/mol. The molecule has 2 aromatic rings. The van der Waals surface area contributed by atoms with Gasteiger partial charge in [-0.3, -0.25) is 9.48 Å². The maximum Gasteiger partial charge on any atom is 0.262 e. The van der Waals surface area contributed by atoms with Gasteiger partial charge in [0, 0.05) is 18.3 Å². The molecule has 2 heterocycles. The summed E-state index contributed by atoms with van der Waals surface area (Å²) in [4.78, 5) is 12.9. The molecule has 96 valence electrons. The Labute approximate surface area is 111 Å². The summed E-state index contributed by atoms with van der Waals surface area (Å²) in [5, 5.41) is 9.14. The maximum absolute atomic E-state index is 12.1. The van der Waals surface area contributed by atoms with Gasteiger partial charge in [-0.05, 0) is 37.8 Å². The molecule has 0 aliphatic carbocycles. The van der Waals surface area contributed by atoms with Crippen molar-refractivity contribution in [3.63, 3.8) is 0 Å². The fourth-order valence-electron chi connectivity index (χ4n) is 1.89. The average molecular weight is 263 g/mol. The summed E-state index contributed by atoms with van der Waals surface area (Å²) in [5.41, 5.74) is 3.15. The van der Waals surface area contributed by atoms with Crippen LogP contribution in [0.2, 0.25) is 0 Å². The van der Waals surface area contributed by atoms with Crippen LogP contribution in [-0.2, 0) is 7.05 Å². The summed E-state index contributed by atoms with van der Waals surface area (Å²) in [6.45, 7) is 5.93. The van der Waals surface area contributed by atoms with Gasteiger partial charge in [-0.25, -0.2) is 0 Å². The van der Waals surface area contributed by atoms with Gasteiger partial charge in [0.15, 0.2) is 0 Å². The van der Waals surface area contributed by atoms with Crippen LogP contribution in [0, 0.1) is 13.8 Å². The van der Waals surface area contributed by atoms with E-state index in [1.165, 1.54) is 11.3 Å². The minimum Gasteiger partial charge on any atom is -0.345 e. The third-order valence-corrected chi connectivity index (χ3v) is 4.17. The van der Waals surface area contributed by atoms with Crippen molar-refractivity contribution in [3.05, 3.63) is 39.3 Å². The first kappa shape index (κ1) is 12.8. The minimum atomic E-state index is -0.0345. The second-order valence-corrected chi connectivity index (χ2v) is 5.35. The number of rotatable bonds is 3. The molecule has 18 heavy (non-hydrogen) atoms. The molecule has 0 saturated carbocycles. The van der Waals surface area contributed by atoms with Gasteiger partial charge in [0.25, 0.3) is 5.91 Å². The Morgan fingerprint density at radius 3 is 2.72 bits per heavy atom. The van der Waals surface area contributed by atoms with Crippen molar-refractivity contribution in [1.82, 2.24) is 15.1 Å². The molecule has 0 saturated heterocycles. The number of carbonyl (C=O) groups excluding carboxylic acids is 1. The zero-order valence-corrected chi connectivity index (χ0v) is 11.8. The summed E-state index contributed by atoms with van der Waals surface area (Å²) in [7, 11) is 1.90. The molecule has 0 unspecified atom stereocenters. The first-order valence-electron chi connectivity index (χ1n) is 5.84. The zero-order chi connectivity index (χ0) is 13.3. The van der Waals surface area contributed by atoms with Crippen LogP contribution in [0.4, 0.5) is 0 Å². The number of hydrogen-bond donors (Lipinski definition) is 1. The number of carbonyl (C=O) groups is 1. The Hall–Kier alpha value is -1.62. The largest absolute Gasteiger partial charge is 0.345 e. The van der Waals surface area contributed by atoms with Crippen LogP contribution < -0.4 is 5.32 Å². The highest BCUT2D eigenvalue weighted by Crippen LogP contribution is 2.19. The van der Waals surface area contributed by atoms with Crippen molar-refractivity contribution in [3.8, 4) is 0 Å². The number of aromatic nitrogens is 2. The molecule has 2 rings (SSSR count). The van der Waals surface area contributed by atoms with E-state index in [0.717, 1.165) is 21.7 Å². The second kappa shape index (κ2) is 4.94. The Bertz CT molecular complexity index is 571. The normalized spacial score (nSPS) is 12.4. The Morgan fingerprint density at radius 1 is 1.50 bits per heavy atom. The monoisotopic (exact) mass is 263 g/mol. The predicted octanol–water partition coefficient (Wildman–Crippen LogP) is 2.59. The molecule has 1 N–H and O–H groups in total. The second-order valence-electron chi connectivity index (χ2n) is 4.44. The van der Waals surface area contributed by atoms with E-state index in [4.69, 9.17) is 0 Å². The van der Waals surface area contributed by atoms with Crippen molar-refractivity contribution >= 4 is 17.2 Å². The smallest absolute Gasteiger partial charge is 0.262 e. The SMILES string of the molecule is Cc1ccsc1C(=O)N[C@@H](C)c1cnn(C)c1C. The molecule has 0 spiro atoms. The Kier molecular flexibility index (Phi) is 3.52. The van der Waals surface area contributed by atoms with Crippen molar-refractivity contribution in [1.29, 1.82) is 0 Å². The lowest BCUT2D eigenvalue weighted by Gasteiger charge is -2.13. The molecule has 1 amide bonds. The topological polar surface area (TPSA) is 46.9 Å². The highest BCUT2D eigenvalue weighted by molar-refractivity contribution is 7.12. The average Bonchev–Trinajstić information content (AvgIpc) is 2.87. The molecule has 0 radical (unpaired) electrons. The van der Waals surface area contributed by atoms with Gasteiger partial charge in [-0.1, -0.05) is 0 Å². The number of thiophene rings is 1. The van der Waals surface area contributed by atoms with Gasteiger partial charge in [0.2, 0.25) is 0 Å². The quantitative estimate of drug-likeness (QED) is 0.925. The minimum absolute atomic E-state index is 0.0155. The number of nitrogens with zero attached hydrogens (tertiary/aromatic N) is 2. The lowest BCUT2D eigenvalue weighted by Crippen LogP contribution is -2.26. The molecule has 0 bridgehead atoms. The molecule has 0 aliphatic heterocycles. The van der Waals surface area contributed by atoms with E-state index < -0.39 is 0 Å². The summed E-state index contributed by atoms with van der Waals surface area (Å²) in [6.07, 6.45) is 1.81. The fourth-order valence-corrected chi connectivity index (χ4v) is 2.71. The highest BCUT2D eigenvalue weighted by Gasteiger charge is 2.17. The lowest BCUT2D eigenvalue weighted by molar-refractivity contribution is 0.0943. The molecular formula is C13H17N3OS. The van der Waals surface area contributed by atoms with E-state index in [-0.39, 0.29) is 11.9 Å². The van der Waals surface area contributed by atoms with E-state index in [0.29, 0.717) is 0 Å². The third-order valence-electron chi connectivity index (χ3n) is 3.16. The van der Waals surface area contributed by atoms with Crippen molar-refractivity contribution < 1.29 is 4.79 Å². The lowest BCUT2D eigenvalue weighted by atomic mass is 10.1. The van der Waals surface area contributed by atoms with E-state index >= 15 is 0 Å². The fraction of sp³-hybridized carbons (Fsp3) is 0.385. The number of aryl methyl sites for hydroxylation is 2. The molecule has 0 fully saturated rings. The van der Waals surface area contributed by atoms with E-state index in [1.54, 1.807) is 0 Å². The molecule has 2 aromatic heterocycles. The van der Waals surface area contributed by atoms with Gasteiger partial charge in [0.1, 0.15) is 0 Å². The zero-order valence-electron chi connectivity index (χ0n) is 11.0. The van der Waals surface area contributed by atoms with Gasteiger partial charge in [-0.2, -0.15) is 5.10 Å². The van der Waals surface area contributed by atoms with E-state index in [9.17, 15) is 4.79 Å². The Balaban J connectivity index is 2.13. The molecule has 0 aliphatic rings. The number of hydrogen-bond acceptors (Lipinski definition) is 3. The van der Waals surface area contributed by atoms with Crippen LogP contribution in [-0.4, -0.2) is 15.7 Å². The standard InChI is InChI=1S/C13H17N3OS/c1-8-5-6-18-12(8)13(17)15-9(2)11-7-14-16(4)10(11)3/h5-7,9H,1-4H3,(H,15,17)/t9-/m0/s1. The van der Waals surface area contributed by atoms with Crippen molar-refractivity contribution in [2.24, 2.45) is 7.05 Å². The summed E-state index contributed by atoms with van der Waals surface area (Å²) < 4.78 is 1.81. The van der Waals surface area contributed by atoms with Crippen molar-refractivity contribution in [2.75, 3.05) is 0 Å². The first-order chi connectivity index (χ1) is 8.50. The number of nitrogens with one attached hydrogen (secondary N) is 1. The van der Waals surface area contributed by atoms with Crippen LogP contribution in [0.1, 0.15) is 39.5 Å². The van der Waals surface area contributed by atoms with E-state index in [2.05, 4.69) is 10.4 Å². The van der Waals surface area contributed by atoms with Gasteiger partial charge in [-0.15, -0.1) is 11.3 Å². The van der Waals surface area contributed by atoms with Gasteiger partial charge >= 0.3 is 0 Å². The van der Waals surface area contributed by atoms with Gasteiger partial charge < -0.3 is 5.32 Å². The summed E-state index contributed by atoms with van der Waals surface area (Å²) in [5.74, 6) is -0.0155. The van der Waals surface area contributed by atoms with Crippen LogP contribution >= 0.6 is 11.3 Å². The highest BCUT2D eigenvalue weighted by atomic mass is 32.1. The first-order valence-corrected chi connectivity index (χ1v) is 6.72. The van der Waals surface area contributed by atoms with Crippen LogP contribution in [0.3, 0.4) is 0 Å². The van der Waals surface area contributed by atoms with Crippen LogP contribution in [0.5, 0.6) is 0 Å². The third kappa shape index (κ3) is 2.31. The van der Waals surface area contributed by atoms with E-state index in [1.807, 2.05) is 50.1 Å². The van der Waals surface area contributed by atoms with Crippen molar-refractivity contribution in [2.45, 2.75) is 26.8 Å². The predicted molar refractivity (Wildman–Crippen MR) is 72.9 cm³/mol. The molecule has 1 atom stereocenters.